The quantitative estimate of drug-likeness (QED) is 0.368. The molecule has 2 heterocycles. The van der Waals surface area contributed by atoms with Gasteiger partial charge in [-0.05, 0) is 42.7 Å². The molecule has 2 amide bonds. The fraction of sp³-hybridized carbons (Fsp3) is 0.167. The van der Waals surface area contributed by atoms with Crippen molar-refractivity contribution in [2.75, 3.05) is 12.4 Å². The van der Waals surface area contributed by atoms with E-state index >= 15 is 0 Å². The van der Waals surface area contributed by atoms with E-state index in [2.05, 4.69) is 25.8 Å². The number of aromatic nitrogens is 4. The molecule has 0 aliphatic rings. The zero-order valence-electron chi connectivity index (χ0n) is 18.3. The summed E-state index contributed by atoms with van der Waals surface area (Å²) in [5, 5.41) is 11.9. The highest BCUT2D eigenvalue weighted by Crippen LogP contribution is 2.23. The SMILES string of the molecule is CNC(=O)CCCc1cn(-c2ccc(F)cc2F)c(NC(=O)c2cccc(-c3cn[nH]c3)c2)n1. The van der Waals surface area contributed by atoms with Crippen LogP contribution in [0.4, 0.5) is 14.7 Å². The molecule has 2 aromatic carbocycles. The van der Waals surface area contributed by atoms with E-state index in [1.807, 2.05) is 6.07 Å². The van der Waals surface area contributed by atoms with Crippen LogP contribution in [0.5, 0.6) is 0 Å². The molecule has 0 spiro atoms. The largest absolute Gasteiger partial charge is 0.359 e. The van der Waals surface area contributed by atoms with Gasteiger partial charge in [0.05, 0.1) is 17.6 Å². The highest BCUT2D eigenvalue weighted by Gasteiger charge is 2.17. The Morgan fingerprint density at radius 2 is 1.97 bits per heavy atom. The van der Waals surface area contributed by atoms with Crippen LogP contribution in [0.1, 0.15) is 28.9 Å². The number of carbonyl (C=O) groups is 2. The van der Waals surface area contributed by atoms with E-state index in [1.165, 1.54) is 10.6 Å². The van der Waals surface area contributed by atoms with Crippen molar-refractivity contribution in [2.45, 2.75) is 19.3 Å². The van der Waals surface area contributed by atoms with Gasteiger partial charge in [0.2, 0.25) is 11.9 Å². The number of nitrogens with one attached hydrogen (secondary N) is 3. The number of anilines is 1. The number of aromatic amines is 1. The number of rotatable bonds is 8. The molecule has 0 saturated heterocycles. The summed E-state index contributed by atoms with van der Waals surface area (Å²) in [7, 11) is 1.56. The van der Waals surface area contributed by atoms with Gasteiger partial charge in [0.25, 0.3) is 5.91 Å². The minimum atomic E-state index is -0.799. The third-order valence-corrected chi connectivity index (χ3v) is 5.22. The normalized spacial score (nSPS) is 10.8. The summed E-state index contributed by atoms with van der Waals surface area (Å²) in [4.78, 5) is 29.0. The van der Waals surface area contributed by atoms with Crippen LogP contribution in [0.2, 0.25) is 0 Å². The molecule has 0 aliphatic carbocycles. The maximum Gasteiger partial charge on any atom is 0.258 e. The lowest BCUT2D eigenvalue weighted by Crippen LogP contribution is -2.17. The van der Waals surface area contributed by atoms with E-state index in [1.54, 1.807) is 43.8 Å². The van der Waals surface area contributed by atoms with Gasteiger partial charge in [-0.1, -0.05) is 12.1 Å². The maximum atomic E-state index is 14.5. The first-order chi connectivity index (χ1) is 16.4. The van der Waals surface area contributed by atoms with Gasteiger partial charge in [0, 0.05) is 43.1 Å². The topological polar surface area (TPSA) is 105 Å². The number of hydrogen-bond donors (Lipinski definition) is 3. The molecule has 4 aromatic rings. The lowest BCUT2D eigenvalue weighted by atomic mass is 10.1. The van der Waals surface area contributed by atoms with Crippen molar-refractivity contribution < 1.29 is 18.4 Å². The van der Waals surface area contributed by atoms with Crippen LogP contribution < -0.4 is 10.6 Å². The van der Waals surface area contributed by atoms with E-state index < -0.39 is 17.5 Å². The summed E-state index contributed by atoms with van der Waals surface area (Å²) >= 11 is 0. The summed E-state index contributed by atoms with van der Waals surface area (Å²) in [6.07, 6.45) is 6.18. The van der Waals surface area contributed by atoms with Gasteiger partial charge in [-0.3, -0.25) is 24.6 Å². The number of carbonyl (C=O) groups excluding carboxylic acids is 2. The zero-order valence-corrected chi connectivity index (χ0v) is 18.3. The molecule has 4 rings (SSSR count). The number of aryl methyl sites for hydroxylation is 1. The Kier molecular flexibility index (Phi) is 6.77. The first kappa shape index (κ1) is 22.8. The number of nitrogens with zero attached hydrogens (tertiary/aromatic N) is 3. The van der Waals surface area contributed by atoms with Gasteiger partial charge in [0.1, 0.15) is 11.6 Å². The molecule has 0 radical (unpaired) electrons. The summed E-state index contributed by atoms with van der Waals surface area (Å²) < 4.78 is 29.4. The van der Waals surface area contributed by atoms with Crippen molar-refractivity contribution in [1.82, 2.24) is 25.1 Å². The summed E-state index contributed by atoms with van der Waals surface area (Å²) in [5.74, 6) is -1.98. The molecule has 3 N–H and O–H groups in total. The first-order valence-corrected chi connectivity index (χ1v) is 10.6. The second kappa shape index (κ2) is 10.1. The van der Waals surface area contributed by atoms with E-state index in [0.717, 1.165) is 23.3 Å². The molecule has 0 saturated carbocycles. The Hall–Kier alpha value is -4.34. The van der Waals surface area contributed by atoms with E-state index in [4.69, 9.17) is 0 Å². The highest BCUT2D eigenvalue weighted by molar-refractivity contribution is 6.04. The van der Waals surface area contributed by atoms with Gasteiger partial charge < -0.3 is 5.32 Å². The van der Waals surface area contributed by atoms with Gasteiger partial charge in [-0.15, -0.1) is 0 Å². The standard InChI is InChI=1S/C24H22F2N6O2/c1-27-22(33)7-3-6-19-14-32(21-9-8-18(25)11-20(21)26)24(30-19)31-23(34)16-5-2-4-15(10-16)17-12-28-29-13-17/h2,4-5,8-14H,3,6-7H2,1H3,(H,27,33)(H,28,29)(H,30,31,34). The number of hydrogen-bond acceptors (Lipinski definition) is 4. The smallest absolute Gasteiger partial charge is 0.258 e. The number of amides is 2. The molecule has 0 aliphatic heterocycles. The third-order valence-electron chi connectivity index (χ3n) is 5.22. The van der Waals surface area contributed by atoms with Gasteiger partial charge in [-0.25, -0.2) is 13.8 Å². The molecule has 0 unspecified atom stereocenters. The molecule has 10 heteroatoms. The van der Waals surface area contributed by atoms with Crippen LogP contribution in [-0.4, -0.2) is 38.6 Å². The Morgan fingerprint density at radius 1 is 1.12 bits per heavy atom. The fourth-order valence-electron chi connectivity index (χ4n) is 3.48. The maximum absolute atomic E-state index is 14.5. The summed E-state index contributed by atoms with van der Waals surface area (Å²) in [5.41, 5.74) is 2.57. The predicted octanol–water partition coefficient (Wildman–Crippen LogP) is 3.86. The van der Waals surface area contributed by atoms with Crippen molar-refractivity contribution in [3.63, 3.8) is 0 Å². The number of benzene rings is 2. The third kappa shape index (κ3) is 5.17. The molecule has 0 atom stereocenters. The fourth-order valence-corrected chi connectivity index (χ4v) is 3.48. The van der Waals surface area contributed by atoms with Gasteiger partial charge in [-0.2, -0.15) is 5.10 Å². The Balaban J connectivity index is 1.62. The molecular weight excluding hydrogens is 442 g/mol. The number of imidazole rings is 1. The summed E-state index contributed by atoms with van der Waals surface area (Å²) in [6, 6.07) is 10.1. The zero-order chi connectivity index (χ0) is 24.1. The molecule has 174 valence electrons. The van der Waals surface area contributed by atoms with Crippen molar-refractivity contribution in [3.05, 3.63) is 83.9 Å². The van der Waals surface area contributed by atoms with Gasteiger partial charge in [0.15, 0.2) is 0 Å². The lowest BCUT2D eigenvalue weighted by Gasteiger charge is -2.10. The average molecular weight is 464 g/mol. The minimum absolute atomic E-state index is 0.0360. The molecule has 0 fully saturated rings. The van der Waals surface area contributed by atoms with Crippen molar-refractivity contribution in [3.8, 4) is 16.8 Å². The number of halogens is 2. The monoisotopic (exact) mass is 464 g/mol. The first-order valence-electron chi connectivity index (χ1n) is 10.6. The van der Waals surface area contributed by atoms with Crippen molar-refractivity contribution >= 4 is 17.8 Å². The van der Waals surface area contributed by atoms with Crippen molar-refractivity contribution in [2.24, 2.45) is 0 Å². The predicted molar refractivity (Wildman–Crippen MR) is 122 cm³/mol. The molecule has 8 nitrogen and oxygen atoms in total. The molecule has 2 aromatic heterocycles. The van der Waals surface area contributed by atoms with Crippen LogP contribution >= 0.6 is 0 Å². The summed E-state index contributed by atoms with van der Waals surface area (Å²) in [6.45, 7) is 0. The van der Waals surface area contributed by atoms with E-state index in [-0.39, 0.29) is 17.5 Å². The van der Waals surface area contributed by atoms with Crippen LogP contribution in [0.25, 0.3) is 16.8 Å². The van der Waals surface area contributed by atoms with E-state index in [0.29, 0.717) is 30.5 Å². The second-order valence-corrected chi connectivity index (χ2v) is 7.57. The lowest BCUT2D eigenvalue weighted by molar-refractivity contribution is -0.120. The average Bonchev–Trinajstić information content (AvgIpc) is 3.50. The Morgan fingerprint density at radius 3 is 2.71 bits per heavy atom. The van der Waals surface area contributed by atoms with Crippen molar-refractivity contribution in [1.29, 1.82) is 0 Å². The van der Waals surface area contributed by atoms with Crippen LogP contribution in [0.15, 0.2) is 61.1 Å². The molecule has 0 bridgehead atoms. The van der Waals surface area contributed by atoms with Crippen LogP contribution in [-0.2, 0) is 11.2 Å². The molecule has 34 heavy (non-hydrogen) atoms. The van der Waals surface area contributed by atoms with Gasteiger partial charge >= 0.3 is 0 Å². The highest BCUT2D eigenvalue weighted by atomic mass is 19.1. The van der Waals surface area contributed by atoms with E-state index in [9.17, 15) is 18.4 Å². The Labute approximate surface area is 194 Å². The minimum Gasteiger partial charge on any atom is -0.359 e. The molecular formula is C24H22F2N6O2. The Bertz CT molecular complexity index is 1320. The van der Waals surface area contributed by atoms with Crippen LogP contribution in [0, 0.1) is 11.6 Å². The van der Waals surface area contributed by atoms with Crippen LogP contribution in [0.3, 0.4) is 0 Å². The number of H-pyrrole nitrogens is 1. The second-order valence-electron chi connectivity index (χ2n) is 7.57.